The number of benzene rings is 2. The highest BCUT2D eigenvalue weighted by Gasteiger charge is 2.29. The predicted octanol–water partition coefficient (Wildman–Crippen LogP) is 1.76. The molecule has 0 heterocycles. The Balaban J connectivity index is 1.53. The summed E-state index contributed by atoms with van der Waals surface area (Å²) in [6.07, 6.45) is -1.42. The van der Waals surface area contributed by atoms with Crippen molar-refractivity contribution >= 4 is 28.1 Å². The lowest BCUT2D eigenvalue weighted by Crippen LogP contribution is -2.42. The zero-order valence-corrected chi connectivity index (χ0v) is 18.4. The van der Waals surface area contributed by atoms with Crippen LogP contribution in [-0.4, -0.2) is 61.0 Å². The maximum Gasteiger partial charge on any atom is 0.407 e. The van der Waals surface area contributed by atoms with Gasteiger partial charge in [0, 0.05) is 18.9 Å². The van der Waals surface area contributed by atoms with E-state index >= 15 is 0 Å². The number of rotatable bonds is 10. The standard InChI is InChI=1S/C22H24N2O8S/c25-20(23-11-12-33(29,30)31)10-9-19(21(26)27)24-22(28)32-13-18-16-7-3-1-5-14(16)15-6-2-4-8-17(15)18/h1-8,18-19H,9-13H2,(H,23,25)(H,24,28)(H,26,27)(H,29,30,31). The van der Waals surface area contributed by atoms with Crippen molar-refractivity contribution in [2.75, 3.05) is 18.9 Å². The lowest BCUT2D eigenvalue weighted by molar-refractivity contribution is -0.139. The summed E-state index contributed by atoms with van der Waals surface area (Å²) in [4.78, 5) is 35.5. The highest BCUT2D eigenvalue weighted by molar-refractivity contribution is 7.85. The molecule has 176 valence electrons. The number of nitrogens with one attached hydrogen (secondary N) is 2. The molecule has 2 amide bonds. The number of amides is 2. The number of carboxylic acids is 1. The molecule has 33 heavy (non-hydrogen) atoms. The van der Waals surface area contributed by atoms with Gasteiger partial charge in [-0.15, -0.1) is 0 Å². The van der Waals surface area contributed by atoms with Crippen LogP contribution < -0.4 is 10.6 Å². The molecule has 0 aliphatic heterocycles. The summed E-state index contributed by atoms with van der Waals surface area (Å²) in [6.45, 7) is -0.294. The van der Waals surface area contributed by atoms with E-state index in [0.717, 1.165) is 22.3 Å². The van der Waals surface area contributed by atoms with E-state index in [1.54, 1.807) is 0 Å². The molecule has 0 radical (unpaired) electrons. The number of alkyl carbamates (subject to hydrolysis) is 1. The predicted molar refractivity (Wildman–Crippen MR) is 118 cm³/mol. The second kappa shape index (κ2) is 10.5. The number of carbonyl (C=O) groups excluding carboxylic acids is 2. The zero-order chi connectivity index (χ0) is 24.0. The lowest BCUT2D eigenvalue weighted by atomic mass is 9.98. The van der Waals surface area contributed by atoms with Crippen molar-refractivity contribution in [3.63, 3.8) is 0 Å². The zero-order valence-electron chi connectivity index (χ0n) is 17.6. The van der Waals surface area contributed by atoms with E-state index in [-0.39, 0.29) is 31.9 Å². The van der Waals surface area contributed by atoms with Gasteiger partial charge in [-0.3, -0.25) is 9.35 Å². The van der Waals surface area contributed by atoms with Crippen LogP contribution in [0.15, 0.2) is 48.5 Å². The molecule has 0 aromatic heterocycles. The van der Waals surface area contributed by atoms with Crippen LogP contribution in [0.4, 0.5) is 4.79 Å². The van der Waals surface area contributed by atoms with E-state index in [2.05, 4.69) is 10.6 Å². The highest BCUT2D eigenvalue weighted by atomic mass is 32.2. The Hall–Kier alpha value is -3.44. The summed E-state index contributed by atoms with van der Waals surface area (Å²) < 4.78 is 35.3. The molecule has 11 heteroatoms. The van der Waals surface area contributed by atoms with Gasteiger partial charge in [-0.25, -0.2) is 9.59 Å². The van der Waals surface area contributed by atoms with Gasteiger partial charge in [0.2, 0.25) is 5.91 Å². The van der Waals surface area contributed by atoms with E-state index < -0.39 is 39.9 Å². The van der Waals surface area contributed by atoms with Crippen molar-refractivity contribution < 1.29 is 37.2 Å². The number of hydrogen-bond acceptors (Lipinski definition) is 6. The average Bonchev–Trinajstić information content (AvgIpc) is 3.08. The molecule has 2 aromatic rings. The molecule has 2 aromatic carbocycles. The molecule has 4 N–H and O–H groups in total. The van der Waals surface area contributed by atoms with Gasteiger partial charge >= 0.3 is 12.1 Å². The fourth-order valence-electron chi connectivity index (χ4n) is 3.72. The highest BCUT2D eigenvalue weighted by Crippen LogP contribution is 2.44. The van der Waals surface area contributed by atoms with Gasteiger partial charge in [0.15, 0.2) is 0 Å². The van der Waals surface area contributed by atoms with Crippen molar-refractivity contribution in [3.05, 3.63) is 59.7 Å². The number of aliphatic carboxylic acids is 1. The molecule has 10 nitrogen and oxygen atoms in total. The van der Waals surface area contributed by atoms with Gasteiger partial charge in [0.1, 0.15) is 12.6 Å². The fraction of sp³-hybridized carbons (Fsp3) is 0.318. The number of ether oxygens (including phenoxy) is 1. The molecule has 1 unspecified atom stereocenters. The fourth-order valence-corrected chi connectivity index (χ4v) is 4.08. The first-order valence-corrected chi connectivity index (χ1v) is 11.8. The third kappa shape index (κ3) is 6.53. The summed E-state index contributed by atoms with van der Waals surface area (Å²) in [5.74, 6) is -2.78. The Kier molecular flexibility index (Phi) is 7.67. The summed E-state index contributed by atoms with van der Waals surface area (Å²) in [7, 11) is -4.21. The SMILES string of the molecule is O=C(CCC(NC(=O)OCC1c2ccccc2-c2ccccc21)C(=O)O)NCCS(=O)(=O)O. The quantitative estimate of drug-likeness (QED) is 0.378. The normalized spacial score (nSPS) is 13.5. The van der Waals surface area contributed by atoms with Crippen molar-refractivity contribution in [2.24, 2.45) is 0 Å². The third-order valence-corrected chi connectivity index (χ3v) is 6.00. The number of carbonyl (C=O) groups is 3. The molecule has 1 aliphatic carbocycles. The van der Waals surface area contributed by atoms with Gasteiger partial charge in [-0.05, 0) is 28.7 Å². The van der Waals surface area contributed by atoms with E-state index in [0.29, 0.717) is 0 Å². The first-order chi connectivity index (χ1) is 15.7. The second-order valence-electron chi connectivity index (χ2n) is 7.54. The molecule has 3 rings (SSSR count). The largest absolute Gasteiger partial charge is 0.480 e. The minimum absolute atomic E-state index is 0.0162. The van der Waals surface area contributed by atoms with Crippen LogP contribution >= 0.6 is 0 Å². The van der Waals surface area contributed by atoms with Gasteiger partial charge in [0.05, 0.1) is 5.75 Å². The molecule has 0 bridgehead atoms. The summed E-state index contributed by atoms with van der Waals surface area (Å²) >= 11 is 0. The molecule has 0 saturated heterocycles. The van der Waals surface area contributed by atoms with Gasteiger partial charge < -0.3 is 20.5 Å². The van der Waals surface area contributed by atoms with Crippen LogP contribution in [0, 0.1) is 0 Å². The van der Waals surface area contributed by atoms with Crippen molar-refractivity contribution in [1.29, 1.82) is 0 Å². The maximum atomic E-state index is 12.3. The van der Waals surface area contributed by atoms with Crippen LogP contribution in [0.1, 0.15) is 29.9 Å². The average molecular weight is 477 g/mol. The summed E-state index contributed by atoms with van der Waals surface area (Å²) in [5.41, 5.74) is 4.15. The van der Waals surface area contributed by atoms with E-state index in [9.17, 15) is 27.9 Å². The minimum atomic E-state index is -4.21. The second-order valence-corrected chi connectivity index (χ2v) is 9.11. The molecule has 0 spiro atoms. The van der Waals surface area contributed by atoms with Crippen molar-refractivity contribution in [2.45, 2.75) is 24.8 Å². The number of carboxylic acid groups (broad SMARTS) is 1. The topological polar surface area (TPSA) is 159 Å². The molecular formula is C22H24N2O8S. The van der Waals surface area contributed by atoms with Crippen molar-refractivity contribution in [1.82, 2.24) is 10.6 Å². The third-order valence-electron chi connectivity index (χ3n) is 5.28. The Labute approximate surface area is 190 Å². The van der Waals surface area contributed by atoms with Crippen LogP contribution in [0.3, 0.4) is 0 Å². The molecular weight excluding hydrogens is 452 g/mol. The minimum Gasteiger partial charge on any atom is -0.480 e. The van der Waals surface area contributed by atoms with E-state index in [1.807, 2.05) is 48.5 Å². The Morgan fingerprint density at radius 3 is 2.12 bits per heavy atom. The Bertz CT molecular complexity index is 1100. The van der Waals surface area contributed by atoms with Crippen molar-refractivity contribution in [3.8, 4) is 11.1 Å². The summed E-state index contributed by atoms with van der Waals surface area (Å²) in [6, 6.07) is 14.2. The maximum absolute atomic E-state index is 12.3. The van der Waals surface area contributed by atoms with E-state index in [1.165, 1.54) is 0 Å². The molecule has 0 saturated carbocycles. The van der Waals surface area contributed by atoms with Gasteiger partial charge in [-0.1, -0.05) is 48.5 Å². The first-order valence-electron chi connectivity index (χ1n) is 10.2. The van der Waals surface area contributed by atoms with Gasteiger partial charge in [-0.2, -0.15) is 8.42 Å². The smallest absolute Gasteiger partial charge is 0.407 e. The Morgan fingerprint density at radius 2 is 1.58 bits per heavy atom. The summed E-state index contributed by atoms with van der Waals surface area (Å²) in [5, 5.41) is 13.8. The monoisotopic (exact) mass is 476 g/mol. The Morgan fingerprint density at radius 1 is 1.00 bits per heavy atom. The number of hydrogen-bond donors (Lipinski definition) is 4. The molecule has 1 atom stereocenters. The molecule has 1 aliphatic rings. The van der Waals surface area contributed by atoms with Crippen LogP contribution in [0.5, 0.6) is 0 Å². The van der Waals surface area contributed by atoms with Gasteiger partial charge in [0.25, 0.3) is 10.1 Å². The first kappa shape index (κ1) is 24.2. The van der Waals surface area contributed by atoms with Crippen LogP contribution in [0.2, 0.25) is 0 Å². The molecule has 0 fully saturated rings. The number of fused-ring (bicyclic) bond motifs is 3. The van der Waals surface area contributed by atoms with E-state index in [4.69, 9.17) is 9.29 Å². The lowest BCUT2D eigenvalue weighted by Gasteiger charge is -2.17. The van der Waals surface area contributed by atoms with Crippen LogP contribution in [0.25, 0.3) is 11.1 Å². The van der Waals surface area contributed by atoms with Crippen LogP contribution in [-0.2, 0) is 24.4 Å².